The van der Waals surface area contributed by atoms with E-state index in [1.165, 1.54) is 35.2 Å². The van der Waals surface area contributed by atoms with Crippen molar-refractivity contribution in [1.29, 1.82) is 0 Å². The molecule has 1 fully saturated rings. The molecule has 0 amide bonds. The molecule has 2 heterocycles. The van der Waals surface area contributed by atoms with Crippen molar-refractivity contribution in [2.45, 2.75) is 45.1 Å². The van der Waals surface area contributed by atoms with Crippen molar-refractivity contribution in [2.24, 2.45) is 0 Å². The number of nitrogens with zero attached hydrogens (tertiary/aromatic N) is 2. The van der Waals surface area contributed by atoms with Crippen molar-refractivity contribution in [3.63, 3.8) is 0 Å². The smallest absolute Gasteiger partial charge is 0.220 e. The maximum atomic E-state index is 6.14. The van der Waals surface area contributed by atoms with E-state index in [0.29, 0.717) is 12.5 Å². The van der Waals surface area contributed by atoms with E-state index in [1.807, 2.05) is 0 Å². The van der Waals surface area contributed by atoms with Gasteiger partial charge in [-0.25, -0.2) is 4.98 Å². The number of hydrogen-bond donors (Lipinski definition) is 1. The van der Waals surface area contributed by atoms with E-state index in [-0.39, 0.29) is 0 Å². The minimum absolute atomic E-state index is 0.554. The van der Waals surface area contributed by atoms with Crippen LogP contribution in [0.5, 0.6) is 5.88 Å². The molecule has 0 unspecified atom stereocenters. The number of rotatable bonds is 4. The van der Waals surface area contributed by atoms with Crippen LogP contribution < -0.4 is 10.1 Å². The van der Waals surface area contributed by atoms with Gasteiger partial charge in [-0.1, -0.05) is 29.8 Å². The van der Waals surface area contributed by atoms with Crippen molar-refractivity contribution < 1.29 is 4.74 Å². The summed E-state index contributed by atoms with van der Waals surface area (Å²) in [5, 5.41) is 3.44. The van der Waals surface area contributed by atoms with Gasteiger partial charge in [-0.05, 0) is 38.3 Å². The molecule has 2 aromatic rings. The first-order valence-corrected chi connectivity index (χ1v) is 8.58. The Labute approximate surface area is 137 Å². The summed E-state index contributed by atoms with van der Waals surface area (Å²) in [4.78, 5) is 9.60. The van der Waals surface area contributed by atoms with Crippen LogP contribution in [0.15, 0.2) is 24.3 Å². The molecule has 1 aliphatic carbocycles. The molecule has 1 saturated carbocycles. The summed E-state index contributed by atoms with van der Waals surface area (Å²) in [7, 11) is 0. The molecule has 0 spiro atoms. The third-order valence-corrected chi connectivity index (χ3v) is 4.56. The molecule has 0 saturated heterocycles. The highest BCUT2D eigenvalue weighted by Gasteiger charge is 2.29. The van der Waals surface area contributed by atoms with Crippen LogP contribution in [0.3, 0.4) is 0 Å². The van der Waals surface area contributed by atoms with Gasteiger partial charge < -0.3 is 10.1 Å². The fraction of sp³-hybridized carbons (Fsp3) is 0.474. The molecular weight excluding hydrogens is 286 g/mol. The molecule has 4 rings (SSSR count). The monoisotopic (exact) mass is 309 g/mol. The van der Waals surface area contributed by atoms with Gasteiger partial charge in [0, 0.05) is 24.4 Å². The Morgan fingerprint density at radius 3 is 2.87 bits per heavy atom. The number of benzene rings is 1. The second-order valence-electron chi connectivity index (χ2n) is 6.61. The van der Waals surface area contributed by atoms with E-state index in [0.717, 1.165) is 37.6 Å². The van der Waals surface area contributed by atoms with E-state index in [1.54, 1.807) is 0 Å². The first-order chi connectivity index (χ1) is 11.3. The predicted molar refractivity (Wildman–Crippen MR) is 89.8 cm³/mol. The van der Waals surface area contributed by atoms with Crippen LogP contribution in [0.1, 0.15) is 47.0 Å². The molecule has 1 aromatic carbocycles. The van der Waals surface area contributed by atoms with Crippen molar-refractivity contribution in [3.05, 3.63) is 52.5 Å². The van der Waals surface area contributed by atoms with Gasteiger partial charge in [-0.15, -0.1) is 0 Å². The third kappa shape index (κ3) is 3.37. The molecule has 4 nitrogen and oxygen atoms in total. The Kier molecular flexibility index (Phi) is 4.00. The summed E-state index contributed by atoms with van der Waals surface area (Å²) in [6.45, 7) is 4.64. The Morgan fingerprint density at radius 2 is 2.04 bits per heavy atom. The highest BCUT2D eigenvalue weighted by atomic mass is 16.5. The molecule has 23 heavy (non-hydrogen) atoms. The lowest BCUT2D eigenvalue weighted by Gasteiger charge is -2.14. The Balaban J connectivity index is 1.61. The van der Waals surface area contributed by atoms with Crippen molar-refractivity contribution in [2.75, 3.05) is 13.1 Å². The summed E-state index contributed by atoms with van der Waals surface area (Å²) in [5.74, 6) is 2.35. The summed E-state index contributed by atoms with van der Waals surface area (Å²) in [6, 6.07) is 8.46. The van der Waals surface area contributed by atoms with Crippen LogP contribution in [0.2, 0.25) is 0 Å². The number of aromatic nitrogens is 2. The molecule has 1 aliphatic heterocycles. The number of aryl methyl sites for hydroxylation is 1. The maximum Gasteiger partial charge on any atom is 0.220 e. The molecule has 0 atom stereocenters. The van der Waals surface area contributed by atoms with Gasteiger partial charge in [0.15, 0.2) is 0 Å². The van der Waals surface area contributed by atoms with Crippen molar-refractivity contribution in [3.8, 4) is 5.88 Å². The number of ether oxygens (including phenoxy) is 1. The first kappa shape index (κ1) is 14.6. The summed E-state index contributed by atoms with van der Waals surface area (Å²) in [6.07, 6.45) is 4.35. The van der Waals surface area contributed by atoms with E-state index < -0.39 is 0 Å². The second kappa shape index (κ2) is 6.28. The lowest BCUT2D eigenvalue weighted by molar-refractivity contribution is 0.288. The lowest BCUT2D eigenvalue weighted by Crippen LogP contribution is -2.16. The normalized spacial score (nSPS) is 17.4. The average molecular weight is 309 g/mol. The zero-order valence-electron chi connectivity index (χ0n) is 13.6. The van der Waals surface area contributed by atoms with Crippen LogP contribution in [-0.2, 0) is 19.4 Å². The van der Waals surface area contributed by atoms with Gasteiger partial charge in [0.25, 0.3) is 0 Å². The summed E-state index contributed by atoms with van der Waals surface area (Å²) >= 11 is 0. The van der Waals surface area contributed by atoms with Gasteiger partial charge in [-0.2, -0.15) is 4.98 Å². The van der Waals surface area contributed by atoms with Gasteiger partial charge in [-0.3, -0.25) is 0 Å². The van der Waals surface area contributed by atoms with Crippen LogP contribution in [0, 0.1) is 6.92 Å². The minimum atomic E-state index is 0.554. The SMILES string of the molecule is Cc1cccc(COc2nc(C3CC3)nc3c2CCNCC3)c1. The van der Waals surface area contributed by atoms with Crippen molar-refractivity contribution >= 4 is 0 Å². The van der Waals surface area contributed by atoms with E-state index in [4.69, 9.17) is 14.7 Å². The Hall–Kier alpha value is -1.94. The van der Waals surface area contributed by atoms with Crippen LogP contribution >= 0.6 is 0 Å². The maximum absolute atomic E-state index is 6.14. The standard InChI is InChI=1S/C19H23N3O/c1-13-3-2-4-14(11-13)12-23-19-16-7-9-20-10-8-17(16)21-18(22-19)15-5-6-15/h2-4,11,15,20H,5-10,12H2,1H3. The first-order valence-electron chi connectivity index (χ1n) is 8.58. The molecule has 2 aliphatic rings. The van der Waals surface area contributed by atoms with E-state index in [9.17, 15) is 0 Å². The molecule has 4 heteroatoms. The second-order valence-corrected chi connectivity index (χ2v) is 6.61. The fourth-order valence-electron chi connectivity index (χ4n) is 3.13. The topological polar surface area (TPSA) is 47.0 Å². The predicted octanol–water partition coefficient (Wildman–Crippen LogP) is 2.93. The van der Waals surface area contributed by atoms with Crippen molar-refractivity contribution in [1.82, 2.24) is 15.3 Å². The molecule has 0 bridgehead atoms. The summed E-state index contributed by atoms with van der Waals surface area (Å²) in [5.41, 5.74) is 4.84. The third-order valence-electron chi connectivity index (χ3n) is 4.56. The highest BCUT2D eigenvalue weighted by molar-refractivity contribution is 5.34. The highest BCUT2D eigenvalue weighted by Crippen LogP contribution is 2.39. The molecular formula is C19H23N3O. The van der Waals surface area contributed by atoms with Crippen LogP contribution in [0.25, 0.3) is 0 Å². The van der Waals surface area contributed by atoms with Gasteiger partial charge in [0.05, 0.1) is 5.69 Å². The number of fused-ring (bicyclic) bond motifs is 1. The Bertz CT molecular complexity index is 710. The zero-order chi connectivity index (χ0) is 15.6. The average Bonchev–Trinajstić information content (AvgIpc) is 3.38. The van der Waals surface area contributed by atoms with E-state index >= 15 is 0 Å². The zero-order valence-corrected chi connectivity index (χ0v) is 13.6. The van der Waals surface area contributed by atoms with Crippen LogP contribution in [0.4, 0.5) is 0 Å². The molecule has 0 radical (unpaired) electrons. The largest absolute Gasteiger partial charge is 0.473 e. The Morgan fingerprint density at radius 1 is 1.17 bits per heavy atom. The fourth-order valence-corrected chi connectivity index (χ4v) is 3.13. The summed E-state index contributed by atoms with van der Waals surface area (Å²) < 4.78 is 6.14. The van der Waals surface area contributed by atoms with Gasteiger partial charge >= 0.3 is 0 Å². The van der Waals surface area contributed by atoms with E-state index in [2.05, 4.69) is 36.5 Å². The molecule has 1 aromatic heterocycles. The number of nitrogens with one attached hydrogen (secondary N) is 1. The van der Waals surface area contributed by atoms with Gasteiger partial charge in [0.1, 0.15) is 12.4 Å². The number of hydrogen-bond acceptors (Lipinski definition) is 4. The lowest BCUT2D eigenvalue weighted by atomic mass is 10.1. The molecule has 1 N–H and O–H groups in total. The minimum Gasteiger partial charge on any atom is -0.473 e. The van der Waals surface area contributed by atoms with Gasteiger partial charge in [0.2, 0.25) is 5.88 Å². The quantitative estimate of drug-likeness (QED) is 0.943. The molecule has 120 valence electrons. The van der Waals surface area contributed by atoms with Crippen LogP contribution in [-0.4, -0.2) is 23.1 Å².